The first-order valence-electron chi connectivity index (χ1n) is 5.83. The van der Waals surface area contributed by atoms with Gasteiger partial charge in [-0.05, 0) is 18.2 Å². The molecule has 2 amide bonds. The van der Waals surface area contributed by atoms with Crippen molar-refractivity contribution >= 4 is 38.9 Å². The molecule has 0 saturated heterocycles. The summed E-state index contributed by atoms with van der Waals surface area (Å²) in [5.41, 5.74) is 11.5. The minimum absolute atomic E-state index is 0.143. The van der Waals surface area contributed by atoms with Gasteiger partial charge in [-0.1, -0.05) is 0 Å². The number of hydrogen-bond acceptors (Lipinski definition) is 5. The third kappa shape index (κ3) is 2.53. The maximum absolute atomic E-state index is 12.2. The number of methoxy groups -OCH3 is 1. The van der Waals surface area contributed by atoms with E-state index in [0.29, 0.717) is 16.3 Å². The number of primary amides is 1. The van der Waals surface area contributed by atoms with E-state index in [2.05, 4.69) is 0 Å². The van der Waals surface area contributed by atoms with Crippen molar-refractivity contribution < 1.29 is 14.3 Å². The number of hydrogen-bond donors (Lipinski definition) is 2. The van der Waals surface area contributed by atoms with Crippen LogP contribution in [-0.2, 0) is 4.79 Å². The maximum atomic E-state index is 12.2. The number of likely N-dealkylation sites (N-methyl/N-ethyl adjacent to an activating group) is 1. The van der Waals surface area contributed by atoms with Gasteiger partial charge in [0.05, 0.1) is 19.3 Å². The highest BCUT2D eigenvalue weighted by atomic mass is 32.1. The summed E-state index contributed by atoms with van der Waals surface area (Å²) in [5, 5.41) is 0.798. The average molecular weight is 293 g/mol. The number of nitrogens with zero attached hydrogens (tertiary/aromatic N) is 1. The van der Waals surface area contributed by atoms with Crippen molar-refractivity contribution in [3.63, 3.8) is 0 Å². The highest BCUT2D eigenvalue weighted by Gasteiger charge is 2.20. The summed E-state index contributed by atoms with van der Waals surface area (Å²) in [7, 11) is 3.09. The van der Waals surface area contributed by atoms with E-state index >= 15 is 0 Å². The zero-order chi connectivity index (χ0) is 14.9. The van der Waals surface area contributed by atoms with Gasteiger partial charge in [-0.15, -0.1) is 11.3 Å². The Bertz CT molecular complexity index is 681. The van der Waals surface area contributed by atoms with Gasteiger partial charge in [-0.3, -0.25) is 9.59 Å². The lowest BCUT2D eigenvalue weighted by atomic mass is 10.2. The van der Waals surface area contributed by atoms with Crippen LogP contribution in [0.5, 0.6) is 5.75 Å². The number of amides is 2. The fourth-order valence-electron chi connectivity index (χ4n) is 1.86. The average Bonchev–Trinajstić information content (AvgIpc) is 2.73. The Balaban J connectivity index is 2.42. The van der Waals surface area contributed by atoms with Crippen molar-refractivity contribution in [3.8, 4) is 5.75 Å². The molecule has 0 aliphatic carbocycles. The molecule has 0 fully saturated rings. The molecular weight excluding hydrogens is 278 g/mol. The van der Waals surface area contributed by atoms with Gasteiger partial charge in [0.25, 0.3) is 5.91 Å². The van der Waals surface area contributed by atoms with Crippen LogP contribution >= 0.6 is 11.3 Å². The number of fused-ring (bicyclic) bond motifs is 1. The molecule has 0 aliphatic rings. The van der Waals surface area contributed by atoms with Gasteiger partial charge >= 0.3 is 0 Å². The molecule has 0 unspecified atom stereocenters. The minimum Gasteiger partial charge on any atom is -0.497 e. The van der Waals surface area contributed by atoms with E-state index in [4.69, 9.17) is 16.2 Å². The zero-order valence-corrected chi connectivity index (χ0v) is 12.0. The Morgan fingerprint density at radius 1 is 1.40 bits per heavy atom. The first kappa shape index (κ1) is 14.1. The number of rotatable bonds is 4. The molecular formula is C13H15N3O3S. The zero-order valence-electron chi connectivity index (χ0n) is 11.2. The Morgan fingerprint density at radius 2 is 2.10 bits per heavy atom. The first-order chi connectivity index (χ1) is 9.43. The highest BCUT2D eigenvalue weighted by molar-refractivity contribution is 7.21. The predicted molar refractivity (Wildman–Crippen MR) is 78.9 cm³/mol. The number of thiophene rings is 1. The molecule has 6 nitrogen and oxygen atoms in total. The molecule has 1 aromatic carbocycles. The number of ether oxygens (including phenoxy) is 1. The quantitative estimate of drug-likeness (QED) is 0.880. The van der Waals surface area contributed by atoms with Crippen LogP contribution in [0, 0.1) is 0 Å². The van der Waals surface area contributed by atoms with Crippen LogP contribution in [0.15, 0.2) is 18.2 Å². The molecule has 0 atom stereocenters. The first-order valence-corrected chi connectivity index (χ1v) is 6.65. The van der Waals surface area contributed by atoms with E-state index in [-0.39, 0.29) is 12.5 Å². The van der Waals surface area contributed by atoms with Gasteiger partial charge in [-0.2, -0.15) is 0 Å². The molecule has 0 saturated carbocycles. The summed E-state index contributed by atoms with van der Waals surface area (Å²) in [6, 6.07) is 5.42. The van der Waals surface area contributed by atoms with Gasteiger partial charge in [0, 0.05) is 17.1 Å². The largest absolute Gasteiger partial charge is 0.497 e. The number of carbonyl (C=O) groups excluding carboxylic acids is 2. The van der Waals surface area contributed by atoms with Crippen LogP contribution in [0.1, 0.15) is 9.67 Å². The van der Waals surface area contributed by atoms with Crippen molar-refractivity contribution in [3.05, 3.63) is 23.1 Å². The van der Waals surface area contributed by atoms with Crippen LogP contribution in [0.3, 0.4) is 0 Å². The molecule has 1 heterocycles. The Kier molecular flexibility index (Phi) is 3.80. The van der Waals surface area contributed by atoms with Crippen LogP contribution in [0.2, 0.25) is 0 Å². The lowest BCUT2D eigenvalue weighted by molar-refractivity contribution is -0.118. The third-order valence-corrected chi connectivity index (χ3v) is 4.03. The lowest BCUT2D eigenvalue weighted by Gasteiger charge is -2.14. The minimum atomic E-state index is -0.567. The normalized spacial score (nSPS) is 10.5. The number of benzene rings is 1. The monoisotopic (exact) mass is 293 g/mol. The number of nitrogen functional groups attached to an aromatic ring is 1. The summed E-state index contributed by atoms with van der Waals surface area (Å²) >= 11 is 1.27. The molecule has 2 aromatic rings. The molecule has 7 heteroatoms. The molecule has 20 heavy (non-hydrogen) atoms. The standard InChI is InChI=1S/C13H15N3O3S/c1-16(6-10(14)17)13(18)12-11(15)8-4-3-7(19-2)5-9(8)20-12/h3-5H,6,15H2,1-2H3,(H2,14,17). The summed E-state index contributed by atoms with van der Waals surface area (Å²) in [6.07, 6.45) is 0. The van der Waals surface area contributed by atoms with Gasteiger partial charge in [0.15, 0.2) is 0 Å². The molecule has 1 aromatic heterocycles. The molecule has 0 bridgehead atoms. The van der Waals surface area contributed by atoms with E-state index in [1.807, 2.05) is 12.1 Å². The topological polar surface area (TPSA) is 98.7 Å². The molecule has 0 spiro atoms. The van der Waals surface area contributed by atoms with E-state index in [9.17, 15) is 9.59 Å². The SMILES string of the molecule is COc1ccc2c(N)c(C(=O)N(C)CC(N)=O)sc2c1. The van der Waals surface area contributed by atoms with E-state index < -0.39 is 5.91 Å². The fourth-order valence-corrected chi connectivity index (χ4v) is 3.01. The molecule has 0 aliphatic heterocycles. The number of carbonyl (C=O) groups is 2. The molecule has 4 N–H and O–H groups in total. The predicted octanol–water partition coefficient (Wildman–Crippen LogP) is 1.05. The summed E-state index contributed by atoms with van der Waals surface area (Å²) in [4.78, 5) is 24.8. The van der Waals surface area contributed by atoms with E-state index in [1.165, 1.54) is 23.3 Å². The van der Waals surface area contributed by atoms with Gasteiger partial charge in [-0.25, -0.2) is 0 Å². The van der Waals surface area contributed by atoms with Gasteiger partial charge in [0.2, 0.25) is 5.91 Å². The van der Waals surface area contributed by atoms with Crippen molar-refractivity contribution in [2.24, 2.45) is 5.73 Å². The molecule has 2 rings (SSSR count). The smallest absolute Gasteiger partial charge is 0.266 e. The Morgan fingerprint density at radius 3 is 2.70 bits per heavy atom. The van der Waals surface area contributed by atoms with Crippen molar-refractivity contribution in [2.45, 2.75) is 0 Å². The molecule has 0 radical (unpaired) electrons. The van der Waals surface area contributed by atoms with E-state index in [0.717, 1.165) is 10.1 Å². The van der Waals surface area contributed by atoms with Gasteiger partial charge in [0.1, 0.15) is 10.6 Å². The van der Waals surface area contributed by atoms with Gasteiger partial charge < -0.3 is 21.1 Å². The Labute approximate surface area is 119 Å². The second kappa shape index (κ2) is 5.38. The van der Waals surface area contributed by atoms with Crippen molar-refractivity contribution in [1.82, 2.24) is 4.90 Å². The summed E-state index contributed by atoms with van der Waals surface area (Å²) in [5.74, 6) is -0.188. The van der Waals surface area contributed by atoms with Crippen LogP contribution in [-0.4, -0.2) is 37.4 Å². The van der Waals surface area contributed by atoms with Crippen LogP contribution in [0.4, 0.5) is 5.69 Å². The number of nitrogens with two attached hydrogens (primary N) is 2. The third-order valence-electron chi connectivity index (χ3n) is 2.87. The summed E-state index contributed by atoms with van der Waals surface area (Å²) in [6.45, 7) is -0.143. The molecule has 106 valence electrons. The van der Waals surface area contributed by atoms with Crippen molar-refractivity contribution in [2.75, 3.05) is 26.4 Å². The van der Waals surface area contributed by atoms with Crippen LogP contribution < -0.4 is 16.2 Å². The lowest BCUT2D eigenvalue weighted by Crippen LogP contribution is -2.35. The van der Waals surface area contributed by atoms with Crippen LogP contribution in [0.25, 0.3) is 10.1 Å². The second-order valence-electron chi connectivity index (χ2n) is 4.33. The second-order valence-corrected chi connectivity index (χ2v) is 5.39. The highest BCUT2D eigenvalue weighted by Crippen LogP contribution is 2.36. The van der Waals surface area contributed by atoms with Crippen molar-refractivity contribution in [1.29, 1.82) is 0 Å². The Hall–Kier alpha value is -2.28. The van der Waals surface area contributed by atoms with E-state index in [1.54, 1.807) is 13.2 Å². The fraction of sp³-hybridized carbons (Fsp3) is 0.231. The summed E-state index contributed by atoms with van der Waals surface area (Å²) < 4.78 is 6.00. The number of anilines is 1. The maximum Gasteiger partial charge on any atom is 0.266 e.